The van der Waals surface area contributed by atoms with E-state index in [4.69, 9.17) is 0 Å². The molecule has 3 N–H and O–H groups in total. The van der Waals surface area contributed by atoms with E-state index in [1.54, 1.807) is 0 Å². The quantitative estimate of drug-likeness (QED) is 0.321. The van der Waals surface area contributed by atoms with Gasteiger partial charge in [0.05, 0.1) is 0 Å². The lowest BCUT2D eigenvalue weighted by Gasteiger charge is -1.82. The fourth-order valence-electron chi connectivity index (χ4n) is 0.107. The Bertz CT molecular complexity index is 45.7. The van der Waals surface area contributed by atoms with Crippen LogP contribution in [0.25, 0.3) is 0 Å². The van der Waals surface area contributed by atoms with Gasteiger partial charge in [0.1, 0.15) is 6.61 Å². The lowest BCUT2D eigenvalue weighted by molar-refractivity contribution is -0.127. The maximum absolute atomic E-state index is 9.29. The highest BCUT2D eigenvalue weighted by Gasteiger charge is 1.65. The van der Waals surface area contributed by atoms with Gasteiger partial charge in [-0.1, -0.05) is 12.7 Å². The van der Waals surface area contributed by atoms with Crippen molar-refractivity contribution in [2.24, 2.45) is 0 Å². The van der Waals surface area contributed by atoms with Crippen molar-refractivity contribution in [2.75, 3.05) is 6.61 Å². The van der Waals surface area contributed by atoms with Gasteiger partial charge in [0, 0.05) is 0 Å². The molecule has 0 radical (unpaired) electrons. The molecule has 7 heavy (non-hydrogen) atoms. The molecule has 0 unspecified atom stereocenters. The van der Waals surface area contributed by atoms with Gasteiger partial charge in [0.25, 0.3) is 6.47 Å². The van der Waals surface area contributed by atoms with Crippen molar-refractivity contribution in [3.8, 4) is 0 Å². The zero-order valence-electron chi connectivity index (χ0n) is 4.09. The molecule has 3 heteroatoms. The fourth-order valence-corrected chi connectivity index (χ4v) is 0.107. The molecule has 0 rings (SSSR count). The van der Waals surface area contributed by atoms with Gasteiger partial charge in [-0.3, -0.25) is 4.79 Å². The number of hydrogen-bond donors (Lipinski definition) is 1. The maximum atomic E-state index is 9.29. The minimum absolute atomic E-state index is 0. The first-order valence-electron chi connectivity index (χ1n) is 1.58. The van der Waals surface area contributed by atoms with Crippen LogP contribution in [0.2, 0.25) is 0 Å². The SMILES string of the molecule is C=CCOC=O.N. The molecule has 0 spiro atoms. The number of hydrogen-bond acceptors (Lipinski definition) is 3. The summed E-state index contributed by atoms with van der Waals surface area (Å²) in [5, 5.41) is 0. The van der Waals surface area contributed by atoms with Crippen molar-refractivity contribution >= 4 is 6.47 Å². The summed E-state index contributed by atoms with van der Waals surface area (Å²) in [6, 6.07) is 0. The van der Waals surface area contributed by atoms with Gasteiger partial charge in [-0.05, 0) is 0 Å². The van der Waals surface area contributed by atoms with E-state index >= 15 is 0 Å². The minimum atomic E-state index is 0. The molecule has 0 aromatic heterocycles. The summed E-state index contributed by atoms with van der Waals surface area (Å²) in [4.78, 5) is 9.29. The summed E-state index contributed by atoms with van der Waals surface area (Å²) in [6.07, 6.45) is 1.51. The number of ether oxygens (including phenoxy) is 1. The molecule has 0 saturated heterocycles. The number of carbonyl (C=O) groups excluding carboxylic acids is 1. The van der Waals surface area contributed by atoms with E-state index in [1.807, 2.05) is 0 Å². The Labute approximate surface area is 42.6 Å². The fraction of sp³-hybridized carbons (Fsp3) is 0.250. The highest BCUT2D eigenvalue weighted by atomic mass is 16.5. The van der Waals surface area contributed by atoms with Crippen molar-refractivity contribution in [1.82, 2.24) is 6.15 Å². The smallest absolute Gasteiger partial charge is 0.293 e. The maximum Gasteiger partial charge on any atom is 0.293 e. The average molecular weight is 103 g/mol. The summed E-state index contributed by atoms with van der Waals surface area (Å²) in [5.41, 5.74) is 0. The first-order valence-corrected chi connectivity index (χ1v) is 1.58. The summed E-state index contributed by atoms with van der Waals surface area (Å²) in [7, 11) is 0. The molecule has 0 amide bonds. The van der Waals surface area contributed by atoms with E-state index in [2.05, 4.69) is 11.3 Å². The number of rotatable bonds is 3. The molecule has 0 saturated carbocycles. The zero-order chi connectivity index (χ0) is 4.83. The highest BCUT2D eigenvalue weighted by Crippen LogP contribution is 1.62. The molecule has 0 aliphatic rings. The summed E-state index contributed by atoms with van der Waals surface area (Å²) < 4.78 is 4.18. The van der Waals surface area contributed by atoms with Crippen molar-refractivity contribution in [1.29, 1.82) is 0 Å². The minimum Gasteiger partial charge on any atom is -0.464 e. The lowest BCUT2D eigenvalue weighted by atomic mass is 10.7. The Hall–Kier alpha value is -0.830. The predicted octanol–water partition coefficient (Wildman–Crippen LogP) is 0.507. The Kier molecular flexibility index (Phi) is 12.1. The van der Waals surface area contributed by atoms with Crippen LogP contribution in [-0.4, -0.2) is 13.1 Å². The van der Waals surface area contributed by atoms with E-state index < -0.39 is 0 Å². The van der Waals surface area contributed by atoms with Crippen LogP contribution in [0.5, 0.6) is 0 Å². The second-order valence-corrected chi connectivity index (χ2v) is 0.718. The molecule has 0 bridgehead atoms. The first kappa shape index (κ1) is 9.48. The Balaban J connectivity index is 0. The Morgan fingerprint density at radius 3 is 2.43 bits per heavy atom. The Morgan fingerprint density at radius 1 is 1.71 bits per heavy atom. The topological polar surface area (TPSA) is 61.3 Å². The van der Waals surface area contributed by atoms with Crippen LogP contribution in [0.4, 0.5) is 0 Å². The van der Waals surface area contributed by atoms with E-state index in [0.29, 0.717) is 13.1 Å². The molecule has 3 nitrogen and oxygen atoms in total. The monoisotopic (exact) mass is 103 g/mol. The third-order valence-electron chi connectivity index (χ3n) is 0.282. The Morgan fingerprint density at radius 2 is 2.29 bits per heavy atom. The summed E-state index contributed by atoms with van der Waals surface area (Å²) in [6.45, 7) is 4.01. The average Bonchev–Trinajstić information content (AvgIpc) is 1.61. The van der Waals surface area contributed by atoms with Crippen LogP contribution in [0.15, 0.2) is 12.7 Å². The molecule has 0 heterocycles. The van der Waals surface area contributed by atoms with Gasteiger partial charge in [0.2, 0.25) is 0 Å². The third-order valence-corrected chi connectivity index (χ3v) is 0.282. The zero-order valence-corrected chi connectivity index (χ0v) is 4.09. The van der Waals surface area contributed by atoms with Gasteiger partial charge in [-0.15, -0.1) is 0 Å². The summed E-state index contributed by atoms with van der Waals surface area (Å²) in [5.74, 6) is 0. The largest absolute Gasteiger partial charge is 0.464 e. The van der Waals surface area contributed by atoms with Crippen molar-refractivity contribution in [3.63, 3.8) is 0 Å². The molecular weight excluding hydrogens is 94.0 g/mol. The third kappa shape index (κ3) is 11.0. The van der Waals surface area contributed by atoms with Gasteiger partial charge in [0.15, 0.2) is 0 Å². The molecule has 0 aliphatic heterocycles. The van der Waals surface area contributed by atoms with E-state index in [1.165, 1.54) is 6.08 Å². The predicted molar refractivity (Wildman–Crippen MR) is 27.2 cm³/mol. The molecule has 0 aromatic rings. The van der Waals surface area contributed by atoms with Crippen LogP contribution in [0.1, 0.15) is 0 Å². The second-order valence-electron chi connectivity index (χ2n) is 0.718. The van der Waals surface area contributed by atoms with Crippen LogP contribution >= 0.6 is 0 Å². The molecule has 42 valence electrons. The van der Waals surface area contributed by atoms with Crippen LogP contribution in [-0.2, 0) is 9.53 Å². The normalized spacial score (nSPS) is 5.71. The number of carbonyl (C=O) groups is 1. The molecule has 0 atom stereocenters. The van der Waals surface area contributed by atoms with Crippen LogP contribution in [0, 0.1) is 0 Å². The summed E-state index contributed by atoms with van der Waals surface area (Å²) >= 11 is 0. The van der Waals surface area contributed by atoms with Gasteiger partial charge in [-0.2, -0.15) is 0 Å². The molecule has 0 fully saturated rings. The van der Waals surface area contributed by atoms with Gasteiger partial charge >= 0.3 is 0 Å². The van der Waals surface area contributed by atoms with E-state index in [-0.39, 0.29) is 6.15 Å². The van der Waals surface area contributed by atoms with Crippen LogP contribution in [0.3, 0.4) is 0 Å². The van der Waals surface area contributed by atoms with E-state index in [0.717, 1.165) is 0 Å². The standard InChI is InChI=1S/C4H6O2.H3N/c1-2-3-6-4-5;/h2,4H,1,3H2;1H3. The highest BCUT2D eigenvalue weighted by molar-refractivity contribution is 5.37. The molecular formula is C4H9NO2. The van der Waals surface area contributed by atoms with Crippen LogP contribution < -0.4 is 6.15 Å². The van der Waals surface area contributed by atoms with E-state index in [9.17, 15) is 4.79 Å². The second kappa shape index (κ2) is 8.95. The molecule has 0 aromatic carbocycles. The first-order chi connectivity index (χ1) is 2.91. The van der Waals surface area contributed by atoms with Gasteiger partial charge in [-0.25, -0.2) is 0 Å². The van der Waals surface area contributed by atoms with Crippen molar-refractivity contribution < 1.29 is 9.53 Å². The van der Waals surface area contributed by atoms with Crippen molar-refractivity contribution in [3.05, 3.63) is 12.7 Å². The van der Waals surface area contributed by atoms with Gasteiger partial charge < -0.3 is 10.9 Å². The van der Waals surface area contributed by atoms with Crippen molar-refractivity contribution in [2.45, 2.75) is 0 Å². The molecule has 0 aliphatic carbocycles. The lowest BCUT2D eigenvalue weighted by Crippen LogP contribution is -1.83.